The van der Waals surface area contributed by atoms with E-state index in [1.54, 1.807) is 18.2 Å². The minimum absolute atomic E-state index is 0.268. The van der Waals surface area contributed by atoms with E-state index >= 15 is 0 Å². The van der Waals surface area contributed by atoms with Gasteiger partial charge in [0.2, 0.25) is 0 Å². The molecule has 0 fully saturated rings. The van der Waals surface area contributed by atoms with Gasteiger partial charge in [-0.15, -0.1) is 0 Å². The molecule has 1 N–H and O–H groups in total. The van der Waals surface area contributed by atoms with Gasteiger partial charge in [0.1, 0.15) is 16.9 Å². The number of phenolic OH excluding ortho intramolecular Hbond substituents is 1. The molecular formula is C12H8O2. The van der Waals surface area contributed by atoms with E-state index in [0.717, 1.165) is 21.9 Å². The van der Waals surface area contributed by atoms with Gasteiger partial charge in [0, 0.05) is 10.8 Å². The molecular weight excluding hydrogens is 176 g/mol. The van der Waals surface area contributed by atoms with Gasteiger partial charge in [-0.25, -0.2) is 0 Å². The molecule has 3 aromatic rings. The summed E-state index contributed by atoms with van der Waals surface area (Å²) in [5.74, 6) is 0.268. The van der Waals surface area contributed by atoms with Gasteiger partial charge in [-0.3, -0.25) is 0 Å². The molecule has 0 atom stereocenters. The van der Waals surface area contributed by atoms with Crippen molar-refractivity contribution in [3.8, 4) is 5.75 Å². The molecule has 0 aliphatic heterocycles. The average Bonchev–Trinajstić information content (AvgIpc) is 2.56. The van der Waals surface area contributed by atoms with Crippen molar-refractivity contribution >= 4 is 21.9 Å². The van der Waals surface area contributed by atoms with Crippen molar-refractivity contribution in [3.63, 3.8) is 0 Å². The molecule has 2 nitrogen and oxygen atoms in total. The van der Waals surface area contributed by atoms with Crippen LogP contribution in [0.15, 0.2) is 46.9 Å². The topological polar surface area (TPSA) is 33.4 Å². The van der Waals surface area contributed by atoms with Gasteiger partial charge >= 0.3 is 0 Å². The summed E-state index contributed by atoms with van der Waals surface area (Å²) in [6.45, 7) is 0. The first kappa shape index (κ1) is 7.44. The Kier molecular flexibility index (Phi) is 1.34. The van der Waals surface area contributed by atoms with Crippen LogP contribution in [0.3, 0.4) is 0 Å². The maximum absolute atomic E-state index is 9.37. The number of furan rings is 1. The fourth-order valence-electron chi connectivity index (χ4n) is 1.71. The van der Waals surface area contributed by atoms with Gasteiger partial charge in [-0.2, -0.15) is 0 Å². The third-order valence-corrected chi connectivity index (χ3v) is 2.36. The maximum Gasteiger partial charge on any atom is 0.135 e. The fourth-order valence-corrected chi connectivity index (χ4v) is 1.71. The summed E-state index contributed by atoms with van der Waals surface area (Å²) in [5.41, 5.74) is 1.66. The highest BCUT2D eigenvalue weighted by molar-refractivity contribution is 6.05. The number of benzene rings is 2. The van der Waals surface area contributed by atoms with Crippen LogP contribution in [0.1, 0.15) is 0 Å². The van der Waals surface area contributed by atoms with Gasteiger partial charge in [0.15, 0.2) is 0 Å². The van der Waals surface area contributed by atoms with E-state index in [9.17, 15) is 5.11 Å². The molecule has 1 aromatic heterocycles. The largest absolute Gasteiger partial charge is 0.508 e. The highest BCUT2D eigenvalue weighted by atomic mass is 16.3. The smallest absolute Gasteiger partial charge is 0.135 e. The van der Waals surface area contributed by atoms with E-state index in [1.807, 2.05) is 24.3 Å². The van der Waals surface area contributed by atoms with Crippen LogP contribution in [0.2, 0.25) is 0 Å². The molecule has 2 heteroatoms. The summed E-state index contributed by atoms with van der Waals surface area (Å²) in [5, 5.41) is 11.4. The van der Waals surface area contributed by atoms with Gasteiger partial charge in [0.25, 0.3) is 0 Å². The SMILES string of the molecule is Oc1ccc2oc3ccccc3c2c1. The molecule has 0 unspecified atom stereocenters. The molecule has 14 heavy (non-hydrogen) atoms. The van der Waals surface area contributed by atoms with Crippen LogP contribution < -0.4 is 0 Å². The van der Waals surface area contributed by atoms with Gasteiger partial charge in [-0.05, 0) is 24.3 Å². The van der Waals surface area contributed by atoms with E-state index in [4.69, 9.17) is 4.42 Å². The number of aromatic hydroxyl groups is 1. The predicted octanol–water partition coefficient (Wildman–Crippen LogP) is 3.29. The number of rotatable bonds is 0. The van der Waals surface area contributed by atoms with Crippen LogP contribution >= 0.6 is 0 Å². The molecule has 0 bridgehead atoms. The Morgan fingerprint density at radius 2 is 1.64 bits per heavy atom. The second kappa shape index (κ2) is 2.51. The molecule has 0 aliphatic carbocycles. The Morgan fingerprint density at radius 3 is 2.57 bits per heavy atom. The van der Waals surface area contributed by atoms with Crippen molar-refractivity contribution in [1.29, 1.82) is 0 Å². The number of hydrogen-bond donors (Lipinski definition) is 1. The van der Waals surface area contributed by atoms with Crippen LogP contribution in [0.4, 0.5) is 0 Å². The lowest BCUT2D eigenvalue weighted by atomic mass is 10.1. The summed E-state index contributed by atoms with van der Waals surface area (Å²) in [4.78, 5) is 0. The summed E-state index contributed by atoms with van der Waals surface area (Å²) >= 11 is 0. The molecule has 0 saturated heterocycles. The van der Waals surface area contributed by atoms with Crippen molar-refractivity contribution < 1.29 is 9.52 Å². The van der Waals surface area contributed by atoms with Crippen molar-refractivity contribution in [3.05, 3.63) is 42.5 Å². The third kappa shape index (κ3) is 0.909. The Hall–Kier alpha value is -1.96. The van der Waals surface area contributed by atoms with Crippen LogP contribution in [0.5, 0.6) is 5.75 Å². The lowest BCUT2D eigenvalue weighted by Gasteiger charge is -1.90. The number of phenols is 1. The molecule has 2 aromatic carbocycles. The van der Waals surface area contributed by atoms with Crippen LogP contribution in [-0.2, 0) is 0 Å². The minimum atomic E-state index is 0.268. The highest BCUT2D eigenvalue weighted by Gasteiger charge is 2.05. The highest BCUT2D eigenvalue weighted by Crippen LogP contribution is 2.30. The van der Waals surface area contributed by atoms with E-state index in [0.29, 0.717) is 0 Å². The molecule has 1 heterocycles. The molecule has 0 amide bonds. The predicted molar refractivity (Wildman–Crippen MR) is 55.4 cm³/mol. The first-order chi connectivity index (χ1) is 6.84. The maximum atomic E-state index is 9.37. The zero-order valence-corrected chi connectivity index (χ0v) is 7.40. The number of para-hydroxylation sites is 1. The van der Waals surface area contributed by atoms with Gasteiger partial charge in [0.05, 0.1) is 0 Å². The Labute approximate surface area is 80.4 Å². The van der Waals surface area contributed by atoms with E-state index in [-0.39, 0.29) is 5.75 Å². The van der Waals surface area contributed by atoms with Crippen molar-refractivity contribution in [2.75, 3.05) is 0 Å². The van der Waals surface area contributed by atoms with Crippen LogP contribution in [0.25, 0.3) is 21.9 Å². The van der Waals surface area contributed by atoms with Crippen molar-refractivity contribution in [2.24, 2.45) is 0 Å². The Balaban J connectivity index is 2.58. The van der Waals surface area contributed by atoms with Crippen molar-refractivity contribution in [1.82, 2.24) is 0 Å². The number of hydrogen-bond acceptors (Lipinski definition) is 2. The minimum Gasteiger partial charge on any atom is -0.508 e. The monoisotopic (exact) mass is 184 g/mol. The Bertz CT molecular complexity index is 608. The van der Waals surface area contributed by atoms with Crippen LogP contribution in [-0.4, -0.2) is 5.11 Å². The third-order valence-electron chi connectivity index (χ3n) is 2.36. The van der Waals surface area contributed by atoms with Crippen molar-refractivity contribution in [2.45, 2.75) is 0 Å². The second-order valence-electron chi connectivity index (χ2n) is 3.28. The van der Waals surface area contributed by atoms with E-state index in [1.165, 1.54) is 0 Å². The van der Waals surface area contributed by atoms with Gasteiger partial charge < -0.3 is 9.52 Å². The second-order valence-corrected chi connectivity index (χ2v) is 3.28. The summed E-state index contributed by atoms with van der Waals surface area (Å²) in [6, 6.07) is 12.9. The standard InChI is InChI=1S/C12H8O2/c13-8-5-6-12-10(7-8)9-3-1-2-4-11(9)14-12/h1-7,13H. The van der Waals surface area contributed by atoms with E-state index < -0.39 is 0 Å². The average molecular weight is 184 g/mol. The first-order valence-electron chi connectivity index (χ1n) is 4.45. The zero-order valence-electron chi connectivity index (χ0n) is 7.40. The summed E-state index contributed by atoms with van der Waals surface area (Å²) in [7, 11) is 0. The van der Waals surface area contributed by atoms with Gasteiger partial charge in [-0.1, -0.05) is 18.2 Å². The summed E-state index contributed by atoms with van der Waals surface area (Å²) in [6.07, 6.45) is 0. The zero-order chi connectivity index (χ0) is 9.54. The quantitative estimate of drug-likeness (QED) is 0.581. The molecule has 0 saturated carbocycles. The lowest BCUT2D eigenvalue weighted by Crippen LogP contribution is -1.65. The molecule has 0 radical (unpaired) electrons. The molecule has 0 aliphatic rings. The Morgan fingerprint density at radius 1 is 0.857 bits per heavy atom. The van der Waals surface area contributed by atoms with E-state index in [2.05, 4.69) is 0 Å². The fraction of sp³-hybridized carbons (Fsp3) is 0. The molecule has 68 valence electrons. The summed E-state index contributed by atoms with van der Waals surface area (Å²) < 4.78 is 5.60. The lowest BCUT2D eigenvalue weighted by molar-refractivity contribution is 0.476. The number of fused-ring (bicyclic) bond motifs is 3. The normalized spacial score (nSPS) is 11.1. The molecule has 0 spiro atoms. The first-order valence-corrected chi connectivity index (χ1v) is 4.45. The molecule has 3 rings (SSSR count). The van der Waals surface area contributed by atoms with Crippen LogP contribution in [0, 0.1) is 0 Å².